The fraction of sp³-hybridized carbons (Fsp3) is 0.815. The molecule has 0 aromatic rings. The Morgan fingerprint density at radius 3 is 2.29 bits per heavy atom. The number of ether oxygens (including phenoxy) is 1. The third-order valence-electron chi connectivity index (χ3n) is 9.21. The van der Waals surface area contributed by atoms with Gasteiger partial charge in [-0.05, 0) is 69.8 Å². The Balaban J connectivity index is 2.08. The summed E-state index contributed by atoms with van der Waals surface area (Å²) in [6.45, 7) is 18.2. The molecule has 3 aliphatic carbocycles. The molecule has 3 N–H and O–H groups in total. The van der Waals surface area contributed by atoms with E-state index in [1.807, 2.05) is 6.08 Å². The van der Waals surface area contributed by atoms with Crippen LogP contribution >= 0.6 is 0 Å². The van der Waals surface area contributed by atoms with Crippen molar-refractivity contribution in [2.24, 2.45) is 28.1 Å². The van der Waals surface area contributed by atoms with Gasteiger partial charge in [-0.25, -0.2) is 0 Å². The molecule has 7 heteroatoms. The first-order valence-corrected chi connectivity index (χ1v) is 15.6. The van der Waals surface area contributed by atoms with E-state index in [-0.39, 0.29) is 30.0 Å². The summed E-state index contributed by atoms with van der Waals surface area (Å²) < 4.78 is 12.7. The van der Waals surface area contributed by atoms with E-state index in [1.165, 1.54) is 0 Å². The van der Waals surface area contributed by atoms with Crippen LogP contribution in [0.2, 0.25) is 18.1 Å². The maximum absolute atomic E-state index is 13.0. The molecule has 7 atom stereocenters. The van der Waals surface area contributed by atoms with Gasteiger partial charge in [0, 0.05) is 17.8 Å². The molecule has 0 aromatic carbocycles. The molecule has 0 aromatic heterocycles. The summed E-state index contributed by atoms with van der Waals surface area (Å²) in [5.74, 6) is -0.0698. The van der Waals surface area contributed by atoms with Crippen molar-refractivity contribution in [2.45, 2.75) is 104 Å². The maximum Gasteiger partial charge on any atom is 0.311 e. The Bertz CT molecular complexity index is 850. The smallest absolute Gasteiger partial charge is 0.311 e. The third kappa shape index (κ3) is 4.31. The van der Waals surface area contributed by atoms with Crippen LogP contribution in [0.3, 0.4) is 0 Å². The van der Waals surface area contributed by atoms with Crippen LogP contribution in [0.25, 0.3) is 0 Å². The molecular weight excluding hydrogens is 448 g/mol. The standard InChI is InChI=1S/C27H46O6Si/c1-10-26-14-17(33-34(8,9)25(5,6)7)11-12-18(26)22-19(29)13-20(30)27(22,16-28)21(15-26)32-23(31)24(2,3)4/h11-12,14,18-22,28-30H,10,13,15-16H2,1-9H3/t18-,19+,20+,21-,22+,26+,27-/m1/s1. The molecule has 0 aliphatic heterocycles. The molecule has 0 bridgehead atoms. The number of hydrogen-bond donors (Lipinski definition) is 3. The molecule has 0 radical (unpaired) electrons. The molecule has 0 unspecified atom stereocenters. The Morgan fingerprint density at radius 2 is 1.79 bits per heavy atom. The zero-order chi connectivity index (χ0) is 25.9. The van der Waals surface area contributed by atoms with Gasteiger partial charge in [-0.1, -0.05) is 33.8 Å². The minimum absolute atomic E-state index is 0.0487. The van der Waals surface area contributed by atoms with E-state index in [4.69, 9.17) is 9.16 Å². The highest BCUT2D eigenvalue weighted by atomic mass is 28.4. The highest BCUT2D eigenvalue weighted by Crippen LogP contribution is 2.64. The lowest BCUT2D eigenvalue weighted by Gasteiger charge is -2.57. The molecule has 3 rings (SSSR count). The van der Waals surface area contributed by atoms with Crippen LogP contribution in [-0.2, 0) is 14.0 Å². The number of allylic oxidation sites excluding steroid dienone is 3. The quantitative estimate of drug-likeness (QED) is 0.383. The number of rotatable bonds is 5. The van der Waals surface area contributed by atoms with Crippen molar-refractivity contribution < 1.29 is 29.3 Å². The molecule has 6 nitrogen and oxygen atoms in total. The predicted octanol–water partition coefficient (Wildman–Crippen LogP) is 4.56. The first-order valence-electron chi connectivity index (χ1n) is 12.7. The zero-order valence-electron chi connectivity index (χ0n) is 22.5. The van der Waals surface area contributed by atoms with Crippen molar-refractivity contribution in [3.63, 3.8) is 0 Å². The van der Waals surface area contributed by atoms with Gasteiger partial charge in [0.1, 0.15) is 6.10 Å². The van der Waals surface area contributed by atoms with Crippen molar-refractivity contribution in [1.29, 1.82) is 0 Å². The Hall–Kier alpha value is -1.15. The van der Waals surface area contributed by atoms with E-state index in [9.17, 15) is 20.1 Å². The summed E-state index contributed by atoms with van der Waals surface area (Å²) >= 11 is 0. The van der Waals surface area contributed by atoms with Gasteiger partial charge >= 0.3 is 5.97 Å². The average Bonchev–Trinajstić information content (AvgIpc) is 2.96. The van der Waals surface area contributed by atoms with Crippen LogP contribution < -0.4 is 0 Å². The zero-order valence-corrected chi connectivity index (χ0v) is 23.5. The summed E-state index contributed by atoms with van der Waals surface area (Å²) in [4.78, 5) is 13.0. The van der Waals surface area contributed by atoms with Gasteiger partial charge in [0.15, 0.2) is 0 Å². The molecule has 0 spiro atoms. The minimum atomic E-state index is -2.07. The molecule has 2 fully saturated rings. The Morgan fingerprint density at radius 1 is 1.18 bits per heavy atom. The maximum atomic E-state index is 13.0. The average molecular weight is 495 g/mol. The molecule has 3 aliphatic rings. The van der Waals surface area contributed by atoms with Crippen molar-refractivity contribution in [1.82, 2.24) is 0 Å². The Kier molecular flexibility index (Phi) is 7.06. The number of carbonyl (C=O) groups is 1. The summed E-state index contributed by atoms with van der Waals surface area (Å²) in [5.41, 5.74) is -2.23. The van der Waals surface area contributed by atoms with Crippen LogP contribution in [0.4, 0.5) is 0 Å². The fourth-order valence-electron chi connectivity index (χ4n) is 5.97. The van der Waals surface area contributed by atoms with Crippen LogP contribution in [0.15, 0.2) is 24.0 Å². The number of esters is 1. The molecule has 0 amide bonds. The monoisotopic (exact) mass is 494 g/mol. The van der Waals surface area contributed by atoms with Crippen molar-refractivity contribution in [2.75, 3.05) is 6.61 Å². The van der Waals surface area contributed by atoms with Gasteiger partial charge in [0.2, 0.25) is 8.32 Å². The lowest BCUT2D eigenvalue weighted by atomic mass is 9.49. The van der Waals surface area contributed by atoms with E-state index >= 15 is 0 Å². The second-order valence-corrected chi connectivity index (χ2v) is 18.1. The highest BCUT2D eigenvalue weighted by molar-refractivity contribution is 6.74. The molecule has 2 saturated carbocycles. The fourth-order valence-corrected chi connectivity index (χ4v) is 6.99. The first-order chi connectivity index (χ1) is 15.4. The van der Waals surface area contributed by atoms with Crippen molar-refractivity contribution in [3.05, 3.63) is 24.0 Å². The van der Waals surface area contributed by atoms with Crippen molar-refractivity contribution in [3.8, 4) is 0 Å². The lowest BCUT2D eigenvalue weighted by molar-refractivity contribution is -0.205. The van der Waals surface area contributed by atoms with Gasteiger partial charge in [0.05, 0.1) is 35.4 Å². The van der Waals surface area contributed by atoms with E-state index in [1.54, 1.807) is 20.8 Å². The number of hydrogen-bond acceptors (Lipinski definition) is 6. The van der Waals surface area contributed by atoms with Gasteiger partial charge < -0.3 is 24.5 Å². The summed E-state index contributed by atoms with van der Waals surface area (Å²) in [6.07, 6.45) is 5.20. The Labute approximate surface area is 206 Å². The predicted molar refractivity (Wildman–Crippen MR) is 135 cm³/mol. The molecule has 34 heavy (non-hydrogen) atoms. The van der Waals surface area contributed by atoms with Gasteiger partial charge in [0.25, 0.3) is 0 Å². The molecule has 0 saturated heterocycles. The van der Waals surface area contributed by atoms with Crippen LogP contribution in [0, 0.1) is 28.1 Å². The van der Waals surface area contributed by atoms with E-state index < -0.39 is 48.8 Å². The summed E-state index contributed by atoms with van der Waals surface area (Å²) in [5, 5.41) is 32.9. The van der Waals surface area contributed by atoms with Crippen LogP contribution in [-0.4, -0.2) is 54.5 Å². The third-order valence-corrected chi connectivity index (χ3v) is 13.6. The van der Waals surface area contributed by atoms with E-state index in [2.05, 4.69) is 52.9 Å². The highest BCUT2D eigenvalue weighted by Gasteiger charge is 2.68. The normalized spacial score (nSPS) is 38.1. The summed E-state index contributed by atoms with van der Waals surface area (Å²) in [7, 11) is -2.07. The van der Waals surface area contributed by atoms with Gasteiger partial charge in [-0.2, -0.15) is 0 Å². The van der Waals surface area contributed by atoms with E-state index in [0.29, 0.717) is 6.42 Å². The molecule has 0 heterocycles. The largest absolute Gasteiger partial charge is 0.544 e. The number of aliphatic hydroxyl groups excluding tert-OH is 3. The molecular formula is C27H46O6Si. The number of fused-ring (bicyclic) bond motifs is 3. The second-order valence-electron chi connectivity index (χ2n) is 13.3. The van der Waals surface area contributed by atoms with Gasteiger partial charge in [-0.3, -0.25) is 4.79 Å². The lowest BCUT2D eigenvalue weighted by Crippen LogP contribution is -2.62. The SMILES string of the molecule is CC[C@@]12C=C(O[Si](C)(C)C(C)(C)C)C=C[C@@H]1[C@H]1[C@@H](O)C[C@H](O)[C@]1(CO)[C@H](OC(=O)C(C)(C)C)C2. The van der Waals surface area contributed by atoms with Gasteiger partial charge in [-0.15, -0.1) is 0 Å². The van der Waals surface area contributed by atoms with Crippen LogP contribution in [0.1, 0.15) is 67.7 Å². The second kappa shape index (κ2) is 8.75. The topological polar surface area (TPSA) is 96.2 Å². The van der Waals surface area contributed by atoms with Crippen LogP contribution in [0.5, 0.6) is 0 Å². The first kappa shape index (κ1) is 27.4. The number of aliphatic hydroxyl groups is 3. The summed E-state index contributed by atoms with van der Waals surface area (Å²) in [6, 6.07) is 0. The van der Waals surface area contributed by atoms with Crippen molar-refractivity contribution >= 4 is 14.3 Å². The number of carbonyl (C=O) groups excluding carboxylic acids is 1. The minimum Gasteiger partial charge on any atom is -0.544 e. The van der Waals surface area contributed by atoms with E-state index in [0.717, 1.165) is 12.2 Å². The molecule has 194 valence electrons.